The molecular weight excluding hydrogens is 235 g/mol. The molecule has 0 atom stereocenters. The second-order valence-corrected chi connectivity index (χ2v) is 3.22. The Kier molecular flexibility index (Phi) is 2.80. The van der Waals surface area contributed by atoms with Crippen molar-refractivity contribution in [2.24, 2.45) is 5.73 Å². The lowest BCUT2D eigenvalue weighted by Crippen LogP contribution is -2.09. The third-order valence-corrected chi connectivity index (χ3v) is 2.00. The number of rotatable bonds is 2. The average molecular weight is 243 g/mol. The van der Waals surface area contributed by atoms with Crippen molar-refractivity contribution in [2.75, 3.05) is 0 Å². The van der Waals surface area contributed by atoms with Gasteiger partial charge in [0.2, 0.25) is 0 Å². The first kappa shape index (κ1) is 11.5. The maximum Gasteiger partial charge on any atom is 0.435 e. The van der Waals surface area contributed by atoms with E-state index in [0.29, 0.717) is 5.69 Å². The van der Waals surface area contributed by atoms with Crippen LogP contribution in [0.4, 0.5) is 13.2 Å². The van der Waals surface area contributed by atoms with Crippen molar-refractivity contribution in [2.45, 2.75) is 12.7 Å². The zero-order valence-corrected chi connectivity index (χ0v) is 8.52. The lowest BCUT2D eigenvalue weighted by atomic mass is 10.4. The first-order valence-corrected chi connectivity index (χ1v) is 4.65. The van der Waals surface area contributed by atoms with Gasteiger partial charge in [-0.2, -0.15) is 18.3 Å². The Morgan fingerprint density at radius 2 is 2.06 bits per heavy atom. The van der Waals surface area contributed by atoms with Crippen molar-refractivity contribution in [3.8, 4) is 5.82 Å². The second kappa shape index (κ2) is 4.13. The molecule has 90 valence electrons. The maximum absolute atomic E-state index is 12.3. The first-order valence-electron chi connectivity index (χ1n) is 4.65. The molecule has 0 bridgehead atoms. The summed E-state index contributed by atoms with van der Waals surface area (Å²) in [6.07, 6.45) is -0.540. The number of aromatic nitrogens is 4. The van der Waals surface area contributed by atoms with E-state index in [-0.39, 0.29) is 12.4 Å². The summed E-state index contributed by atoms with van der Waals surface area (Å²) in [6, 6.07) is 0.872. The number of nitrogens with two attached hydrogens (primary N) is 1. The molecule has 0 saturated carbocycles. The third-order valence-electron chi connectivity index (χ3n) is 2.00. The molecule has 0 radical (unpaired) electrons. The van der Waals surface area contributed by atoms with E-state index in [1.807, 2.05) is 0 Å². The summed E-state index contributed by atoms with van der Waals surface area (Å²) in [5, 5.41) is 3.38. The minimum absolute atomic E-state index is 0.161. The highest BCUT2D eigenvalue weighted by Crippen LogP contribution is 2.27. The van der Waals surface area contributed by atoms with E-state index in [2.05, 4.69) is 15.1 Å². The molecule has 2 N–H and O–H groups in total. The van der Waals surface area contributed by atoms with Gasteiger partial charge in [-0.3, -0.25) is 4.98 Å². The summed E-state index contributed by atoms with van der Waals surface area (Å²) >= 11 is 0. The molecule has 2 rings (SSSR count). The fourth-order valence-corrected chi connectivity index (χ4v) is 1.21. The molecule has 17 heavy (non-hydrogen) atoms. The normalized spacial score (nSPS) is 11.8. The van der Waals surface area contributed by atoms with Gasteiger partial charge in [-0.15, -0.1) is 0 Å². The zero-order chi connectivity index (χ0) is 12.5. The molecule has 0 unspecified atom stereocenters. The molecule has 0 aliphatic heterocycles. The monoisotopic (exact) mass is 243 g/mol. The van der Waals surface area contributed by atoms with Crippen LogP contribution in [0.2, 0.25) is 0 Å². The summed E-state index contributed by atoms with van der Waals surface area (Å²) in [6.45, 7) is 0.161. The molecular formula is C9H8F3N5. The Morgan fingerprint density at radius 3 is 2.65 bits per heavy atom. The Morgan fingerprint density at radius 1 is 1.29 bits per heavy atom. The van der Waals surface area contributed by atoms with Gasteiger partial charge in [0.05, 0.1) is 11.9 Å². The van der Waals surface area contributed by atoms with Gasteiger partial charge in [0.25, 0.3) is 0 Å². The summed E-state index contributed by atoms with van der Waals surface area (Å²) in [5.41, 5.74) is 4.86. The summed E-state index contributed by atoms with van der Waals surface area (Å²) in [5.74, 6) is 0.198. The molecule has 2 aromatic rings. The van der Waals surface area contributed by atoms with E-state index in [1.54, 1.807) is 0 Å². The highest BCUT2D eigenvalue weighted by Gasteiger charge is 2.33. The molecule has 8 heteroatoms. The van der Waals surface area contributed by atoms with Crippen molar-refractivity contribution >= 4 is 0 Å². The number of alkyl halides is 3. The standard InChI is InChI=1S/C9H8F3N5/c10-9(11,12)7-1-2-17(16-7)8-5-14-4-6(3-13)15-8/h1-2,4-5H,3,13H2. The van der Waals surface area contributed by atoms with E-state index in [1.165, 1.54) is 18.6 Å². The van der Waals surface area contributed by atoms with Crippen molar-refractivity contribution in [3.05, 3.63) is 36.0 Å². The van der Waals surface area contributed by atoms with Gasteiger partial charge in [-0.1, -0.05) is 0 Å². The fourth-order valence-electron chi connectivity index (χ4n) is 1.21. The van der Waals surface area contributed by atoms with Crippen LogP contribution in [-0.4, -0.2) is 19.7 Å². The van der Waals surface area contributed by atoms with E-state index in [9.17, 15) is 13.2 Å². The summed E-state index contributed by atoms with van der Waals surface area (Å²) in [4.78, 5) is 7.82. The second-order valence-electron chi connectivity index (χ2n) is 3.22. The Hall–Kier alpha value is -1.96. The largest absolute Gasteiger partial charge is 0.435 e. The van der Waals surface area contributed by atoms with E-state index < -0.39 is 11.9 Å². The molecule has 5 nitrogen and oxygen atoms in total. The minimum atomic E-state index is -4.47. The van der Waals surface area contributed by atoms with Gasteiger partial charge in [-0.25, -0.2) is 9.67 Å². The van der Waals surface area contributed by atoms with Crippen LogP contribution < -0.4 is 5.73 Å². The van der Waals surface area contributed by atoms with Crippen LogP contribution in [0.3, 0.4) is 0 Å². The molecule has 0 aromatic carbocycles. The molecule has 0 fully saturated rings. The van der Waals surface area contributed by atoms with E-state index >= 15 is 0 Å². The lowest BCUT2D eigenvalue weighted by molar-refractivity contribution is -0.141. The maximum atomic E-state index is 12.3. The van der Waals surface area contributed by atoms with Crippen molar-refractivity contribution in [1.82, 2.24) is 19.7 Å². The van der Waals surface area contributed by atoms with Gasteiger partial charge < -0.3 is 5.73 Å². The number of nitrogens with zero attached hydrogens (tertiary/aromatic N) is 4. The first-order chi connectivity index (χ1) is 8.00. The van der Waals surface area contributed by atoms with Crippen molar-refractivity contribution in [3.63, 3.8) is 0 Å². The number of hydrogen-bond acceptors (Lipinski definition) is 4. The average Bonchev–Trinajstić information content (AvgIpc) is 2.78. The van der Waals surface area contributed by atoms with Gasteiger partial charge >= 0.3 is 6.18 Å². The van der Waals surface area contributed by atoms with Crippen LogP contribution in [0.5, 0.6) is 0 Å². The molecule has 2 heterocycles. The topological polar surface area (TPSA) is 69.6 Å². The summed E-state index contributed by atoms with van der Waals surface area (Å²) in [7, 11) is 0. The van der Waals surface area contributed by atoms with E-state index in [0.717, 1.165) is 10.7 Å². The third kappa shape index (κ3) is 2.41. The smallest absolute Gasteiger partial charge is 0.325 e. The van der Waals surface area contributed by atoms with Crippen LogP contribution in [0.1, 0.15) is 11.4 Å². The van der Waals surface area contributed by atoms with Crippen LogP contribution in [-0.2, 0) is 12.7 Å². The van der Waals surface area contributed by atoms with E-state index in [4.69, 9.17) is 5.73 Å². The fraction of sp³-hybridized carbons (Fsp3) is 0.222. The van der Waals surface area contributed by atoms with Crippen LogP contribution in [0.15, 0.2) is 24.7 Å². The molecule has 0 spiro atoms. The quantitative estimate of drug-likeness (QED) is 0.858. The zero-order valence-electron chi connectivity index (χ0n) is 8.52. The van der Waals surface area contributed by atoms with Crippen molar-refractivity contribution in [1.29, 1.82) is 0 Å². The van der Waals surface area contributed by atoms with Crippen LogP contribution >= 0.6 is 0 Å². The lowest BCUT2D eigenvalue weighted by Gasteiger charge is -2.03. The number of hydrogen-bond donors (Lipinski definition) is 1. The van der Waals surface area contributed by atoms with Crippen LogP contribution in [0.25, 0.3) is 5.82 Å². The number of halogens is 3. The predicted octanol–water partition coefficient (Wildman–Crippen LogP) is 1.14. The van der Waals surface area contributed by atoms with Gasteiger partial charge in [-0.05, 0) is 6.07 Å². The molecule has 0 aliphatic carbocycles. The minimum Gasteiger partial charge on any atom is -0.325 e. The molecule has 0 saturated heterocycles. The SMILES string of the molecule is NCc1cncc(-n2ccc(C(F)(F)F)n2)n1. The highest BCUT2D eigenvalue weighted by atomic mass is 19.4. The molecule has 2 aromatic heterocycles. The Bertz CT molecular complexity index is 519. The summed E-state index contributed by atoms with van der Waals surface area (Å²) < 4.78 is 38.0. The molecule has 0 amide bonds. The van der Waals surface area contributed by atoms with Gasteiger partial charge in [0.1, 0.15) is 0 Å². The Labute approximate surface area is 94.1 Å². The van der Waals surface area contributed by atoms with Gasteiger partial charge in [0.15, 0.2) is 11.5 Å². The Balaban J connectivity index is 2.37. The highest BCUT2D eigenvalue weighted by molar-refractivity contribution is 5.20. The van der Waals surface area contributed by atoms with Crippen molar-refractivity contribution < 1.29 is 13.2 Å². The predicted molar refractivity (Wildman–Crippen MR) is 52.0 cm³/mol. The van der Waals surface area contributed by atoms with Gasteiger partial charge in [0, 0.05) is 18.9 Å². The molecule has 0 aliphatic rings. The van der Waals surface area contributed by atoms with Crippen LogP contribution in [0, 0.1) is 0 Å².